The number of hydrogen-bond donors (Lipinski definition) is 2. The molecule has 4 rings (SSSR count). The van der Waals surface area contributed by atoms with Gasteiger partial charge in [0.15, 0.2) is 0 Å². The zero-order chi connectivity index (χ0) is 17.1. The highest BCUT2D eigenvalue weighted by Crippen LogP contribution is 2.45. The summed E-state index contributed by atoms with van der Waals surface area (Å²) < 4.78 is 0. The van der Waals surface area contributed by atoms with Crippen LogP contribution in [-0.4, -0.2) is 62.7 Å². The van der Waals surface area contributed by atoms with Gasteiger partial charge in [-0.3, -0.25) is 9.88 Å². The lowest BCUT2D eigenvalue weighted by Gasteiger charge is -2.51. The number of nitrogens with one attached hydrogen (secondary N) is 1. The van der Waals surface area contributed by atoms with Gasteiger partial charge in [-0.1, -0.05) is 0 Å². The first kappa shape index (κ1) is 16.5. The molecule has 7 heteroatoms. The number of likely N-dealkylation sites (tertiary alicyclic amines) is 1. The third-order valence-electron chi connectivity index (χ3n) is 6.06. The Morgan fingerprint density at radius 2 is 1.96 bits per heavy atom. The van der Waals surface area contributed by atoms with E-state index in [4.69, 9.17) is 0 Å². The maximum Gasteiger partial charge on any atom is 0.147 e. The number of nitrogens with zero attached hydrogens (tertiary/aromatic N) is 5. The molecule has 2 aromatic heterocycles. The quantitative estimate of drug-likeness (QED) is 0.872. The zero-order valence-electron chi connectivity index (χ0n) is 14.5. The molecule has 0 saturated carbocycles. The molecule has 1 atom stereocenters. The van der Waals surface area contributed by atoms with Crippen LogP contribution in [0.4, 0.5) is 5.82 Å². The lowest BCUT2D eigenvalue weighted by Crippen LogP contribution is -2.53. The van der Waals surface area contributed by atoms with E-state index in [1.165, 1.54) is 0 Å². The molecule has 4 heterocycles. The number of aliphatic hydroxyl groups excluding tert-OH is 1. The molecule has 2 aliphatic rings. The summed E-state index contributed by atoms with van der Waals surface area (Å²) in [7, 11) is 0. The van der Waals surface area contributed by atoms with E-state index >= 15 is 0 Å². The molecular formula is C18H26N6O. The van der Waals surface area contributed by atoms with E-state index in [9.17, 15) is 5.11 Å². The highest BCUT2D eigenvalue weighted by molar-refractivity contribution is 5.36. The predicted octanol–water partition coefficient (Wildman–Crippen LogP) is 1.30. The number of imidazole rings is 1. The molecule has 2 N–H and O–H groups in total. The number of H-pyrrole nitrogens is 1. The fourth-order valence-electron chi connectivity index (χ4n) is 4.44. The Bertz CT molecular complexity index is 653. The van der Waals surface area contributed by atoms with Crippen LogP contribution in [0.2, 0.25) is 0 Å². The first-order chi connectivity index (χ1) is 12.3. The largest absolute Gasteiger partial charge is 0.396 e. The molecule has 134 valence electrons. The van der Waals surface area contributed by atoms with E-state index in [0.717, 1.165) is 63.6 Å². The molecule has 2 saturated heterocycles. The topological polar surface area (TPSA) is 81.2 Å². The van der Waals surface area contributed by atoms with Gasteiger partial charge in [-0.25, -0.2) is 9.97 Å². The number of piperidine rings is 2. The van der Waals surface area contributed by atoms with Crippen LogP contribution < -0.4 is 4.90 Å². The maximum absolute atomic E-state index is 10.1. The van der Waals surface area contributed by atoms with Gasteiger partial charge in [-0.05, 0) is 37.8 Å². The van der Waals surface area contributed by atoms with Crippen molar-refractivity contribution in [3.05, 3.63) is 36.8 Å². The second kappa shape index (κ2) is 7.09. The van der Waals surface area contributed by atoms with Crippen molar-refractivity contribution in [2.45, 2.75) is 25.8 Å². The average Bonchev–Trinajstić information content (AvgIpc) is 3.18. The SMILES string of the molecule is OCC1CN(c2cnccn2)CCC12CCN(Cc1ncc[nH]1)CC2. The summed E-state index contributed by atoms with van der Waals surface area (Å²) in [6.07, 6.45) is 12.4. The fraction of sp³-hybridized carbons (Fsp3) is 0.611. The van der Waals surface area contributed by atoms with Crippen LogP contribution in [0.3, 0.4) is 0 Å². The molecule has 7 nitrogen and oxygen atoms in total. The van der Waals surface area contributed by atoms with Crippen LogP contribution in [0.15, 0.2) is 31.0 Å². The molecule has 0 aliphatic carbocycles. The van der Waals surface area contributed by atoms with Crippen molar-refractivity contribution in [2.24, 2.45) is 11.3 Å². The fourth-order valence-corrected chi connectivity index (χ4v) is 4.44. The van der Waals surface area contributed by atoms with Gasteiger partial charge >= 0.3 is 0 Å². The molecule has 1 spiro atoms. The summed E-state index contributed by atoms with van der Waals surface area (Å²) in [5, 5.41) is 10.1. The Kier molecular flexibility index (Phi) is 4.67. The minimum atomic E-state index is 0.245. The van der Waals surface area contributed by atoms with Crippen molar-refractivity contribution in [1.29, 1.82) is 0 Å². The maximum atomic E-state index is 10.1. The van der Waals surface area contributed by atoms with Crippen LogP contribution in [0.1, 0.15) is 25.1 Å². The van der Waals surface area contributed by atoms with Gasteiger partial charge in [0.05, 0.1) is 12.7 Å². The van der Waals surface area contributed by atoms with E-state index in [1.807, 2.05) is 18.6 Å². The molecule has 0 amide bonds. The van der Waals surface area contributed by atoms with Crippen molar-refractivity contribution in [3.8, 4) is 0 Å². The molecule has 2 fully saturated rings. The van der Waals surface area contributed by atoms with Gasteiger partial charge in [0, 0.05) is 50.4 Å². The number of aliphatic hydroxyl groups is 1. The molecule has 0 aromatic carbocycles. The van der Waals surface area contributed by atoms with Crippen molar-refractivity contribution in [1.82, 2.24) is 24.8 Å². The van der Waals surface area contributed by atoms with E-state index in [1.54, 1.807) is 12.4 Å². The molecular weight excluding hydrogens is 316 g/mol. The Balaban J connectivity index is 1.39. The normalized spacial score (nSPS) is 23.9. The average molecular weight is 342 g/mol. The summed E-state index contributed by atoms with van der Waals surface area (Å²) in [4.78, 5) is 20.9. The van der Waals surface area contributed by atoms with Gasteiger partial charge in [-0.15, -0.1) is 0 Å². The molecule has 1 unspecified atom stereocenters. The molecule has 0 bridgehead atoms. The van der Waals surface area contributed by atoms with E-state index < -0.39 is 0 Å². The first-order valence-corrected chi connectivity index (χ1v) is 9.11. The summed E-state index contributed by atoms with van der Waals surface area (Å²) in [5.41, 5.74) is 0.257. The Labute approximate surface area is 148 Å². The highest BCUT2D eigenvalue weighted by atomic mass is 16.3. The monoisotopic (exact) mass is 342 g/mol. The van der Waals surface area contributed by atoms with Gasteiger partial charge in [0.1, 0.15) is 11.6 Å². The van der Waals surface area contributed by atoms with Crippen molar-refractivity contribution in [3.63, 3.8) is 0 Å². The first-order valence-electron chi connectivity index (χ1n) is 9.11. The number of rotatable bonds is 4. The van der Waals surface area contributed by atoms with Crippen molar-refractivity contribution in [2.75, 3.05) is 37.7 Å². The highest BCUT2D eigenvalue weighted by Gasteiger charge is 2.44. The lowest BCUT2D eigenvalue weighted by atomic mass is 9.64. The number of hydrogen-bond acceptors (Lipinski definition) is 6. The second-order valence-electron chi connectivity index (χ2n) is 7.31. The molecule has 0 radical (unpaired) electrons. The molecule has 2 aliphatic heterocycles. The lowest BCUT2D eigenvalue weighted by molar-refractivity contribution is 0.000526. The minimum absolute atomic E-state index is 0.245. The summed E-state index contributed by atoms with van der Waals surface area (Å²) in [5.74, 6) is 2.26. The third-order valence-corrected chi connectivity index (χ3v) is 6.06. The van der Waals surface area contributed by atoms with E-state index in [-0.39, 0.29) is 12.0 Å². The number of anilines is 1. The zero-order valence-corrected chi connectivity index (χ0v) is 14.5. The molecule has 2 aromatic rings. The summed E-state index contributed by atoms with van der Waals surface area (Å²) in [6.45, 7) is 5.14. The Morgan fingerprint density at radius 1 is 1.12 bits per heavy atom. The van der Waals surface area contributed by atoms with Gasteiger partial charge < -0.3 is 15.0 Å². The minimum Gasteiger partial charge on any atom is -0.396 e. The van der Waals surface area contributed by atoms with Gasteiger partial charge in [0.2, 0.25) is 0 Å². The summed E-state index contributed by atoms with van der Waals surface area (Å²) in [6, 6.07) is 0. The number of aromatic nitrogens is 4. The third kappa shape index (κ3) is 3.39. The number of aromatic amines is 1. The second-order valence-corrected chi connectivity index (χ2v) is 7.31. The van der Waals surface area contributed by atoms with Crippen LogP contribution in [0.5, 0.6) is 0 Å². The van der Waals surface area contributed by atoms with Gasteiger partial charge in [0.25, 0.3) is 0 Å². The van der Waals surface area contributed by atoms with Crippen LogP contribution in [-0.2, 0) is 6.54 Å². The smallest absolute Gasteiger partial charge is 0.147 e. The van der Waals surface area contributed by atoms with E-state index in [2.05, 4.69) is 29.7 Å². The van der Waals surface area contributed by atoms with Crippen molar-refractivity contribution >= 4 is 5.82 Å². The van der Waals surface area contributed by atoms with Gasteiger partial charge in [-0.2, -0.15) is 0 Å². The van der Waals surface area contributed by atoms with Crippen LogP contribution in [0.25, 0.3) is 0 Å². The predicted molar refractivity (Wildman–Crippen MR) is 95.0 cm³/mol. The standard InChI is InChI=1S/C18H26N6O/c25-14-15-12-24(17-11-19-4-5-22-17)10-3-18(15)1-8-23(9-2-18)13-16-20-6-7-21-16/h4-7,11,15,25H,1-3,8-10,12-14H2,(H,20,21). The summed E-state index contributed by atoms with van der Waals surface area (Å²) >= 11 is 0. The Morgan fingerprint density at radius 3 is 2.64 bits per heavy atom. The van der Waals surface area contributed by atoms with Crippen molar-refractivity contribution < 1.29 is 5.11 Å². The molecule has 25 heavy (non-hydrogen) atoms. The Hall–Kier alpha value is -1.99. The van der Waals surface area contributed by atoms with Crippen LogP contribution >= 0.6 is 0 Å². The van der Waals surface area contributed by atoms with E-state index in [0.29, 0.717) is 5.92 Å². The van der Waals surface area contributed by atoms with Crippen LogP contribution in [0, 0.1) is 11.3 Å².